The zero-order valence-corrected chi connectivity index (χ0v) is 16.3. The van der Waals surface area contributed by atoms with Crippen LogP contribution in [0.3, 0.4) is 0 Å². The monoisotopic (exact) mass is 407 g/mol. The van der Waals surface area contributed by atoms with E-state index in [0.29, 0.717) is 16.4 Å². The van der Waals surface area contributed by atoms with Crippen LogP contribution in [0.5, 0.6) is 0 Å². The molecule has 3 rings (SSSR count). The third-order valence-corrected chi connectivity index (χ3v) is 5.47. The summed E-state index contributed by atoms with van der Waals surface area (Å²) in [5, 5.41) is 0.566. The number of imidazole rings is 1. The van der Waals surface area contributed by atoms with Gasteiger partial charge in [-0.15, -0.1) is 0 Å². The van der Waals surface area contributed by atoms with Crippen molar-refractivity contribution >= 4 is 33.2 Å². The number of halogens is 1. The van der Waals surface area contributed by atoms with E-state index in [9.17, 15) is 13.2 Å². The number of nitrogens with zero attached hydrogens (tertiary/aromatic N) is 2. The number of carbonyl (C=O) groups excluding carboxylic acids is 1. The molecule has 0 radical (unpaired) electrons. The number of nitrogens with one attached hydrogen (secondary N) is 1. The van der Waals surface area contributed by atoms with Gasteiger partial charge in [0.2, 0.25) is 10.0 Å². The van der Waals surface area contributed by atoms with Crippen molar-refractivity contribution in [3.63, 3.8) is 0 Å². The largest absolute Gasteiger partial charge is 0.456 e. The summed E-state index contributed by atoms with van der Waals surface area (Å²) in [6, 6.07) is 8.93. The highest BCUT2D eigenvalue weighted by molar-refractivity contribution is 7.89. The quantitative estimate of drug-likeness (QED) is 0.634. The second-order valence-electron chi connectivity index (χ2n) is 6.22. The Morgan fingerprint density at radius 3 is 2.78 bits per heavy atom. The number of ether oxygens (including phenoxy) is 1. The van der Waals surface area contributed by atoms with Gasteiger partial charge in [0, 0.05) is 18.4 Å². The summed E-state index contributed by atoms with van der Waals surface area (Å²) in [7, 11) is -3.69. The number of pyridine rings is 1. The van der Waals surface area contributed by atoms with Gasteiger partial charge in [-0.2, -0.15) is 0 Å². The highest BCUT2D eigenvalue weighted by Gasteiger charge is 2.18. The number of carbonyl (C=O) groups is 1. The van der Waals surface area contributed by atoms with Crippen LogP contribution < -0.4 is 4.72 Å². The van der Waals surface area contributed by atoms with E-state index in [1.54, 1.807) is 42.8 Å². The molecule has 27 heavy (non-hydrogen) atoms. The molecule has 0 atom stereocenters. The van der Waals surface area contributed by atoms with Crippen LogP contribution in [-0.2, 0) is 21.4 Å². The molecule has 0 spiro atoms. The molecule has 2 aromatic heterocycles. The number of fused-ring (bicyclic) bond motifs is 1. The topological polar surface area (TPSA) is 89.8 Å². The Balaban J connectivity index is 1.73. The maximum absolute atomic E-state index is 12.3. The molecule has 0 fully saturated rings. The Hall–Kier alpha value is -2.42. The second-order valence-corrected chi connectivity index (χ2v) is 8.38. The van der Waals surface area contributed by atoms with Crippen LogP contribution in [0.1, 0.15) is 29.9 Å². The van der Waals surface area contributed by atoms with Gasteiger partial charge in [-0.25, -0.2) is 22.9 Å². The van der Waals surface area contributed by atoms with E-state index >= 15 is 0 Å². The molecule has 0 saturated carbocycles. The molecule has 9 heteroatoms. The highest BCUT2D eigenvalue weighted by atomic mass is 35.5. The summed E-state index contributed by atoms with van der Waals surface area (Å²) in [4.78, 5) is 16.6. The molecule has 0 aliphatic rings. The first kappa shape index (κ1) is 19.3. The number of hydrogen-bond acceptors (Lipinski definition) is 5. The molecule has 0 amide bonds. The minimum atomic E-state index is -3.69. The first-order valence-corrected chi connectivity index (χ1v) is 10.0. The van der Waals surface area contributed by atoms with Gasteiger partial charge in [0.25, 0.3) is 0 Å². The Kier molecular flexibility index (Phi) is 5.50. The van der Waals surface area contributed by atoms with Gasteiger partial charge in [-0.1, -0.05) is 17.7 Å². The van der Waals surface area contributed by atoms with E-state index in [2.05, 4.69) is 9.71 Å². The molecule has 7 nitrogen and oxygen atoms in total. The Morgan fingerprint density at radius 2 is 2.04 bits per heavy atom. The number of aromatic nitrogens is 2. The van der Waals surface area contributed by atoms with E-state index in [0.717, 1.165) is 0 Å². The second kappa shape index (κ2) is 7.67. The third-order valence-electron chi connectivity index (χ3n) is 3.59. The molecule has 0 aliphatic carbocycles. The van der Waals surface area contributed by atoms with Crippen molar-refractivity contribution in [2.45, 2.75) is 31.4 Å². The first-order valence-electron chi connectivity index (χ1n) is 8.17. The van der Waals surface area contributed by atoms with Gasteiger partial charge in [-0.05, 0) is 44.2 Å². The van der Waals surface area contributed by atoms with E-state index in [-0.39, 0.29) is 23.1 Å². The minimum Gasteiger partial charge on any atom is -0.456 e. The van der Waals surface area contributed by atoms with E-state index in [1.807, 2.05) is 0 Å². The van der Waals surface area contributed by atoms with Crippen molar-refractivity contribution in [2.24, 2.45) is 0 Å². The molecule has 1 aromatic carbocycles. The van der Waals surface area contributed by atoms with Gasteiger partial charge in [0.15, 0.2) is 0 Å². The van der Waals surface area contributed by atoms with E-state index in [1.165, 1.54) is 24.3 Å². The predicted molar refractivity (Wildman–Crippen MR) is 101 cm³/mol. The molecule has 142 valence electrons. The fourth-order valence-corrected chi connectivity index (χ4v) is 3.94. The van der Waals surface area contributed by atoms with Crippen molar-refractivity contribution in [1.29, 1.82) is 0 Å². The smallest absolute Gasteiger partial charge is 0.338 e. The predicted octanol–water partition coefficient (Wildman–Crippen LogP) is 3.03. The molecule has 0 saturated heterocycles. The first-order chi connectivity index (χ1) is 12.7. The van der Waals surface area contributed by atoms with Crippen molar-refractivity contribution in [1.82, 2.24) is 14.1 Å². The number of rotatable bonds is 6. The summed E-state index contributed by atoms with van der Waals surface area (Å²) in [6.45, 7) is 3.40. The maximum Gasteiger partial charge on any atom is 0.338 e. The summed E-state index contributed by atoms with van der Waals surface area (Å²) in [6.07, 6.45) is 3.41. The molecule has 1 N–H and O–H groups in total. The summed E-state index contributed by atoms with van der Waals surface area (Å²) < 4.78 is 33.9. The van der Waals surface area contributed by atoms with Gasteiger partial charge in [0.05, 0.1) is 21.2 Å². The standard InChI is InChI=1S/C18H18ClN3O4S/c1-12(2)21-27(24,25)16-5-3-4-13(8-16)18(23)26-11-15-10-22-9-14(19)6-7-17(22)20-15/h3-10,12,21H,11H2,1-2H3. The van der Waals surface area contributed by atoms with Crippen LogP contribution >= 0.6 is 11.6 Å². The highest BCUT2D eigenvalue weighted by Crippen LogP contribution is 2.15. The zero-order chi connectivity index (χ0) is 19.6. The number of hydrogen-bond donors (Lipinski definition) is 1. The molecule has 2 heterocycles. The van der Waals surface area contributed by atoms with Crippen LogP contribution in [0.15, 0.2) is 53.7 Å². The van der Waals surface area contributed by atoms with Crippen molar-refractivity contribution in [2.75, 3.05) is 0 Å². The lowest BCUT2D eigenvalue weighted by atomic mass is 10.2. The number of benzene rings is 1. The minimum absolute atomic E-state index is 0.00743. The van der Waals surface area contributed by atoms with Crippen LogP contribution in [0.4, 0.5) is 0 Å². The van der Waals surface area contributed by atoms with E-state index < -0.39 is 16.0 Å². The number of esters is 1. The van der Waals surface area contributed by atoms with Crippen LogP contribution in [-0.4, -0.2) is 29.8 Å². The van der Waals surface area contributed by atoms with Crippen molar-refractivity contribution in [3.05, 3.63) is 65.1 Å². The number of sulfonamides is 1. The van der Waals surface area contributed by atoms with Crippen LogP contribution in [0, 0.1) is 0 Å². The Labute approximate surface area is 162 Å². The lowest BCUT2D eigenvalue weighted by molar-refractivity contribution is 0.0468. The fraction of sp³-hybridized carbons (Fsp3) is 0.222. The average molecular weight is 408 g/mol. The molecule has 3 aromatic rings. The van der Waals surface area contributed by atoms with Gasteiger partial charge in [-0.3, -0.25) is 0 Å². The zero-order valence-electron chi connectivity index (χ0n) is 14.7. The summed E-state index contributed by atoms with van der Waals surface area (Å²) >= 11 is 5.93. The summed E-state index contributed by atoms with van der Waals surface area (Å²) in [5.74, 6) is -0.633. The van der Waals surface area contributed by atoms with Crippen LogP contribution in [0.25, 0.3) is 5.65 Å². The fourth-order valence-electron chi connectivity index (χ4n) is 2.48. The molecule has 0 bridgehead atoms. The SMILES string of the molecule is CC(C)NS(=O)(=O)c1cccc(C(=O)OCc2cn3cc(Cl)ccc3n2)c1. The summed E-state index contributed by atoms with van der Waals surface area (Å²) in [5.41, 5.74) is 1.38. The lowest BCUT2D eigenvalue weighted by Gasteiger charge is -2.10. The molecular weight excluding hydrogens is 390 g/mol. The van der Waals surface area contributed by atoms with Crippen molar-refractivity contribution in [3.8, 4) is 0 Å². The third kappa shape index (κ3) is 4.65. The maximum atomic E-state index is 12.3. The Bertz CT molecular complexity index is 1090. The average Bonchev–Trinajstić information content (AvgIpc) is 3.00. The van der Waals surface area contributed by atoms with Gasteiger partial charge in [0.1, 0.15) is 12.3 Å². The van der Waals surface area contributed by atoms with E-state index in [4.69, 9.17) is 16.3 Å². The van der Waals surface area contributed by atoms with Crippen LogP contribution in [0.2, 0.25) is 5.02 Å². The van der Waals surface area contributed by atoms with Crippen molar-refractivity contribution < 1.29 is 17.9 Å². The Morgan fingerprint density at radius 1 is 1.26 bits per heavy atom. The van der Waals surface area contributed by atoms with Gasteiger partial charge >= 0.3 is 5.97 Å². The molecular formula is C18H18ClN3O4S. The van der Waals surface area contributed by atoms with Gasteiger partial charge < -0.3 is 9.14 Å². The lowest BCUT2D eigenvalue weighted by Crippen LogP contribution is -2.30. The normalized spacial score (nSPS) is 11.9. The molecule has 0 aliphatic heterocycles. The molecule has 0 unspecified atom stereocenters.